The van der Waals surface area contributed by atoms with Crippen LogP contribution in [0.2, 0.25) is 0 Å². The van der Waals surface area contributed by atoms with Crippen molar-refractivity contribution in [2.45, 2.75) is 33.2 Å². The number of amides is 2. The lowest BCUT2D eigenvalue weighted by Crippen LogP contribution is -2.54. The molecule has 1 aliphatic heterocycles. The number of carbonyl (C=O) groups is 2. The van der Waals surface area contributed by atoms with Gasteiger partial charge in [0.1, 0.15) is 5.57 Å². The van der Waals surface area contributed by atoms with E-state index in [0.717, 1.165) is 11.3 Å². The van der Waals surface area contributed by atoms with Crippen molar-refractivity contribution in [3.63, 3.8) is 0 Å². The monoisotopic (exact) mass is 367 g/mol. The van der Waals surface area contributed by atoms with Crippen LogP contribution in [0.25, 0.3) is 6.08 Å². The Bertz CT molecular complexity index is 917. The molecule has 2 heterocycles. The van der Waals surface area contributed by atoms with Gasteiger partial charge in [0.05, 0.1) is 5.69 Å². The third-order valence-corrected chi connectivity index (χ3v) is 4.47. The average molecular weight is 367 g/mol. The maximum absolute atomic E-state index is 13.0. The molecular formula is C20H21N3O2S. The molecule has 1 fully saturated rings. The Morgan fingerprint density at radius 2 is 1.73 bits per heavy atom. The van der Waals surface area contributed by atoms with Crippen molar-refractivity contribution >= 4 is 40.9 Å². The topological polar surface area (TPSA) is 54.3 Å². The molecule has 26 heavy (non-hydrogen) atoms. The number of rotatable bonds is 2. The molecule has 0 atom stereocenters. The van der Waals surface area contributed by atoms with Gasteiger partial charge >= 0.3 is 0 Å². The summed E-state index contributed by atoms with van der Waals surface area (Å²) in [6.07, 6.45) is 3.55. The third-order valence-electron chi connectivity index (χ3n) is 4.19. The molecule has 1 saturated heterocycles. The lowest BCUT2D eigenvalue weighted by molar-refractivity contribution is -0.122. The van der Waals surface area contributed by atoms with Crippen LogP contribution in [0.15, 0.2) is 48.2 Å². The van der Waals surface area contributed by atoms with Crippen molar-refractivity contribution in [3.05, 3.63) is 59.4 Å². The van der Waals surface area contributed by atoms with Crippen LogP contribution in [0, 0.1) is 6.92 Å². The molecule has 2 amide bonds. The molecule has 5 nitrogen and oxygen atoms in total. The van der Waals surface area contributed by atoms with E-state index in [1.54, 1.807) is 6.08 Å². The summed E-state index contributed by atoms with van der Waals surface area (Å²) in [5.74, 6) is -0.908. The van der Waals surface area contributed by atoms with Gasteiger partial charge in [-0.3, -0.25) is 19.8 Å². The average Bonchev–Trinajstić information content (AvgIpc) is 3.01. The van der Waals surface area contributed by atoms with Crippen LogP contribution in [0.5, 0.6) is 0 Å². The molecule has 2 aromatic rings. The number of aromatic nitrogens is 1. The quantitative estimate of drug-likeness (QED) is 0.503. The molecule has 0 bridgehead atoms. The lowest BCUT2D eigenvalue weighted by Gasteiger charge is -2.29. The number of nitrogens with one attached hydrogen (secondary N) is 1. The number of nitrogens with zero attached hydrogens (tertiary/aromatic N) is 2. The molecule has 134 valence electrons. The van der Waals surface area contributed by atoms with Crippen LogP contribution in [-0.4, -0.2) is 21.5 Å². The van der Waals surface area contributed by atoms with E-state index in [9.17, 15) is 9.59 Å². The predicted molar refractivity (Wildman–Crippen MR) is 107 cm³/mol. The van der Waals surface area contributed by atoms with Gasteiger partial charge < -0.3 is 4.57 Å². The first kappa shape index (κ1) is 18.1. The van der Waals surface area contributed by atoms with Crippen molar-refractivity contribution in [1.82, 2.24) is 9.88 Å². The molecule has 0 aliphatic carbocycles. The van der Waals surface area contributed by atoms with Crippen LogP contribution < -0.4 is 10.2 Å². The largest absolute Gasteiger partial charge is 0.343 e. The Balaban J connectivity index is 2.04. The van der Waals surface area contributed by atoms with Crippen molar-refractivity contribution in [1.29, 1.82) is 0 Å². The van der Waals surface area contributed by atoms with Gasteiger partial charge in [-0.1, -0.05) is 17.7 Å². The van der Waals surface area contributed by atoms with Crippen LogP contribution in [-0.2, 0) is 15.1 Å². The first-order valence-electron chi connectivity index (χ1n) is 8.34. The highest BCUT2D eigenvalue weighted by Gasteiger charge is 2.34. The predicted octanol–water partition coefficient (Wildman–Crippen LogP) is 3.38. The number of carbonyl (C=O) groups excluding carboxylic acids is 2. The number of hydrogen-bond acceptors (Lipinski definition) is 3. The SMILES string of the molecule is Cc1ccc(N2C(=O)/C(=C\c3cccn3C(C)(C)C)C(=O)NC2=S)cc1. The van der Waals surface area contributed by atoms with Gasteiger partial charge in [-0.2, -0.15) is 0 Å². The van der Waals surface area contributed by atoms with Gasteiger partial charge in [0, 0.05) is 17.4 Å². The van der Waals surface area contributed by atoms with E-state index in [0.29, 0.717) is 5.69 Å². The molecule has 1 aromatic carbocycles. The minimum atomic E-state index is -0.481. The second kappa shape index (κ2) is 6.53. The van der Waals surface area contributed by atoms with E-state index >= 15 is 0 Å². The molecule has 0 unspecified atom stereocenters. The molecular weight excluding hydrogens is 346 g/mol. The van der Waals surface area contributed by atoms with Gasteiger partial charge in [-0.05, 0) is 70.3 Å². The second-order valence-electron chi connectivity index (χ2n) is 7.27. The smallest absolute Gasteiger partial charge is 0.270 e. The van der Waals surface area contributed by atoms with Crippen LogP contribution >= 0.6 is 12.2 Å². The highest BCUT2D eigenvalue weighted by atomic mass is 32.1. The van der Waals surface area contributed by atoms with Crippen molar-refractivity contribution in [2.75, 3.05) is 4.90 Å². The zero-order valence-electron chi connectivity index (χ0n) is 15.2. The van der Waals surface area contributed by atoms with Crippen LogP contribution in [0.4, 0.5) is 5.69 Å². The fraction of sp³-hybridized carbons (Fsp3) is 0.250. The molecule has 0 radical (unpaired) electrons. The Morgan fingerprint density at radius 3 is 2.35 bits per heavy atom. The summed E-state index contributed by atoms with van der Waals surface area (Å²) in [4.78, 5) is 26.8. The van der Waals surface area contributed by atoms with Gasteiger partial charge in [-0.15, -0.1) is 0 Å². The fourth-order valence-corrected chi connectivity index (χ4v) is 3.14. The molecule has 6 heteroatoms. The first-order valence-corrected chi connectivity index (χ1v) is 8.75. The van der Waals surface area contributed by atoms with E-state index in [1.165, 1.54) is 4.90 Å². The fourth-order valence-electron chi connectivity index (χ4n) is 2.86. The minimum absolute atomic E-state index is 0.0587. The summed E-state index contributed by atoms with van der Waals surface area (Å²) in [5.41, 5.74) is 2.38. The normalized spacial score (nSPS) is 17.0. The van der Waals surface area contributed by atoms with Crippen LogP contribution in [0.3, 0.4) is 0 Å². The zero-order chi connectivity index (χ0) is 19.1. The number of hydrogen-bond donors (Lipinski definition) is 1. The highest BCUT2D eigenvalue weighted by molar-refractivity contribution is 7.80. The standard InChI is InChI=1S/C20H21N3O2S/c1-13-7-9-14(10-8-13)23-18(25)16(17(24)21-19(23)26)12-15-6-5-11-22(15)20(2,3)4/h5-12H,1-4H3,(H,21,24,26)/b16-12-. The molecule has 1 aromatic heterocycles. The summed E-state index contributed by atoms with van der Waals surface area (Å²) in [5, 5.41) is 2.70. The maximum Gasteiger partial charge on any atom is 0.270 e. The van der Waals surface area contributed by atoms with Gasteiger partial charge in [0.25, 0.3) is 11.8 Å². The lowest BCUT2D eigenvalue weighted by atomic mass is 10.1. The zero-order valence-corrected chi connectivity index (χ0v) is 16.1. The van der Waals surface area contributed by atoms with E-state index in [4.69, 9.17) is 12.2 Å². The van der Waals surface area contributed by atoms with Crippen molar-refractivity contribution < 1.29 is 9.59 Å². The Labute approximate surface area is 158 Å². The van der Waals surface area contributed by atoms with E-state index < -0.39 is 11.8 Å². The van der Waals surface area contributed by atoms with Crippen LogP contribution in [0.1, 0.15) is 32.0 Å². The Morgan fingerprint density at radius 1 is 1.08 bits per heavy atom. The Kier molecular flexibility index (Phi) is 4.54. The first-order chi connectivity index (χ1) is 12.2. The van der Waals surface area contributed by atoms with E-state index in [2.05, 4.69) is 26.1 Å². The molecule has 1 N–H and O–H groups in total. The molecule has 3 rings (SSSR count). The molecule has 1 aliphatic rings. The molecule has 0 spiro atoms. The second-order valence-corrected chi connectivity index (χ2v) is 7.65. The van der Waals surface area contributed by atoms with Gasteiger partial charge in [0.15, 0.2) is 5.11 Å². The summed E-state index contributed by atoms with van der Waals surface area (Å²) in [7, 11) is 0. The van der Waals surface area contributed by atoms with Crippen molar-refractivity contribution in [3.8, 4) is 0 Å². The highest BCUT2D eigenvalue weighted by Crippen LogP contribution is 2.24. The maximum atomic E-state index is 13.0. The summed E-state index contributed by atoms with van der Waals surface area (Å²) < 4.78 is 2.02. The number of aryl methyl sites for hydroxylation is 1. The third kappa shape index (κ3) is 3.32. The molecule has 0 saturated carbocycles. The number of anilines is 1. The van der Waals surface area contributed by atoms with E-state index in [1.807, 2.05) is 54.1 Å². The summed E-state index contributed by atoms with van der Waals surface area (Å²) in [6, 6.07) is 11.2. The summed E-state index contributed by atoms with van der Waals surface area (Å²) in [6.45, 7) is 8.15. The summed E-state index contributed by atoms with van der Waals surface area (Å²) >= 11 is 5.22. The van der Waals surface area contributed by atoms with Gasteiger partial charge in [-0.25, -0.2) is 0 Å². The number of thiocarbonyl (C=S) groups is 1. The number of benzene rings is 1. The minimum Gasteiger partial charge on any atom is -0.343 e. The van der Waals surface area contributed by atoms with Gasteiger partial charge in [0.2, 0.25) is 0 Å². The van der Waals surface area contributed by atoms with E-state index in [-0.39, 0.29) is 16.2 Å². The van der Waals surface area contributed by atoms with Crippen molar-refractivity contribution in [2.24, 2.45) is 0 Å². The Hall–Kier alpha value is -2.73.